The largest absolute Gasteiger partial charge is 0.323 e. The van der Waals surface area contributed by atoms with E-state index in [1.807, 2.05) is 6.92 Å². The Balaban J connectivity index is 2.07. The Morgan fingerprint density at radius 3 is 2.60 bits per heavy atom. The molecule has 3 nitrogen and oxygen atoms in total. The van der Waals surface area contributed by atoms with Crippen molar-refractivity contribution in [2.24, 2.45) is 0 Å². The van der Waals surface area contributed by atoms with Crippen molar-refractivity contribution in [3.05, 3.63) is 57.3 Å². The van der Waals surface area contributed by atoms with E-state index in [1.165, 1.54) is 12.1 Å². The number of aryl methyl sites for hydroxylation is 1. The molecular formula is C14H11BrClFN2O. The van der Waals surface area contributed by atoms with Crippen LogP contribution in [0.25, 0.3) is 0 Å². The van der Waals surface area contributed by atoms with Gasteiger partial charge in [-0.1, -0.05) is 33.6 Å². The van der Waals surface area contributed by atoms with Gasteiger partial charge in [0.15, 0.2) is 0 Å². The Morgan fingerprint density at radius 2 is 1.95 bits per heavy atom. The Morgan fingerprint density at radius 1 is 1.20 bits per heavy atom. The van der Waals surface area contributed by atoms with Crippen molar-refractivity contribution in [1.82, 2.24) is 0 Å². The van der Waals surface area contributed by atoms with E-state index < -0.39 is 11.8 Å². The van der Waals surface area contributed by atoms with Gasteiger partial charge < -0.3 is 10.6 Å². The van der Waals surface area contributed by atoms with Gasteiger partial charge in [0.25, 0.3) is 0 Å². The fourth-order valence-corrected chi connectivity index (χ4v) is 2.06. The van der Waals surface area contributed by atoms with E-state index in [4.69, 9.17) is 11.6 Å². The summed E-state index contributed by atoms with van der Waals surface area (Å²) in [4.78, 5) is 11.8. The molecule has 0 unspecified atom stereocenters. The smallest absolute Gasteiger partial charge is 0.308 e. The number of amides is 2. The minimum atomic E-state index is -0.536. The first-order valence-corrected chi connectivity index (χ1v) is 6.92. The monoisotopic (exact) mass is 356 g/mol. The summed E-state index contributed by atoms with van der Waals surface area (Å²) in [5.41, 5.74) is 1.55. The molecular weight excluding hydrogens is 347 g/mol. The minimum absolute atomic E-state index is 0.101. The average Bonchev–Trinajstić information content (AvgIpc) is 2.37. The van der Waals surface area contributed by atoms with Gasteiger partial charge in [-0.25, -0.2) is 9.18 Å². The first kappa shape index (κ1) is 14.8. The van der Waals surface area contributed by atoms with E-state index in [0.29, 0.717) is 15.2 Å². The molecule has 0 heterocycles. The molecule has 0 fully saturated rings. The lowest BCUT2D eigenvalue weighted by atomic mass is 10.2. The molecule has 0 bridgehead atoms. The number of anilines is 2. The molecule has 2 aromatic rings. The average molecular weight is 358 g/mol. The van der Waals surface area contributed by atoms with Crippen molar-refractivity contribution in [1.29, 1.82) is 0 Å². The van der Waals surface area contributed by atoms with Gasteiger partial charge in [-0.2, -0.15) is 0 Å². The Hall–Kier alpha value is -1.59. The lowest BCUT2D eigenvalue weighted by molar-refractivity contribution is 0.262. The van der Waals surface area contributed by atoms with Crippen LogP contribution in [0.5, 0.6) is 0 Å². The van der Waals surface area contributed by atoms with Crippen LogP contribution < -0.4 is 10.6 Å². The highest BCUT2D eigenvalue weighted by molar-refractivity contribution is 9.10. The molecule has 0 aliphatic rings. The zero-order chi connectivity index (χ0) is 14.7. The van der Waals surface area contributed by atoms with Crippen LogP contribution in [0.2, 0.25) is 5.02 Å². The highest BCUT2D eigenvalue weighted by atomic mass is 79.9. The molecule has 0 atom stereocenters. The number of hydrogen-bond acceptors (Lipinski definition) is 1. The molecule has 2 amide bonds. The normalized spacial score (nSPS) is 10.2. The van der Waals surface area contributed by atoms with E-state index in [0.717, 1.165) is 5.56 Å². The molecule has 2 aromatic carbocycles. The van der Waals surface area contributed by atoms with E-state index in [2.05, 4.69) is 26.6 Å². The summed E-state index contributed by atoms with van der Waals surface area (Å²) in [6, 6.07) is 9.00. The van der Waals surface area contributed by atoms with Gasteiger partial charge in [0, 0.05) is 15.2 Å². The number of urea groups is 1. The van der Waals surface area contributed by atoms with Crippen LogP contribution in [0, 0.1) is 12.7 Å². The van der Waals surface area contributed by atoms with Gasteiger partial charge >= 0.3 is 6.03 Å². The fourth-order valence-electron chi connectivity index (χ4n) is 1.55. The predicted octanol–water partition coefficient (Wildman–Crippen LogP) is 5.19. The van der Waals surface area contributed by atoms with E-state index in [1.54, 1.807) is 24.3 Å². The Labute approximate surface area is 129 Å². The SMILES string of the molecule is Cc1ccc(NC(=O)Nc2ccc(Br)cc2F)cc1Cl. The van der Waals surface area contributed by atoms with E-state index >= 15 is 0 Å². The maximum absolute atomic E-state index is 13.6. The van der Waals surface area contributed by atoms with Crippen LogP contribution >= 0.6 is 27.5 Å². The second-order valence-corrected chi connectivity index (χ2v) is 5.49. The third-order valence-electron chi connectivity index (χ3n) is 2.61. The number of benzene rings is 2. The van der Waals surface area contributed by atoms with Crippen molar-refractivity contribution >= 4 is 44.9 Å². The Bertz CT molecular complexity index is 664. The topological polar surface area (TPSA) is 41.1 Å². The molecule has 104 valence electrons. The lowest BCUT2D eigenvalue weighted by Crippen LogP contribution is -2.20. The van der Waals surface area contributed by atoms with Gasteiger partial charge in [0.1, 0.15) is 5.82 Å². The zero-order valence-electron chi connectivity index (χ0n) is 10.5. The van der Waals surface area contributed by atoms with Crippen LogP contribution in [0.4, 0.5) is 20.6 Å². The molecule has 0 saturated carbocycles. The van der Waals surface area contributed by atoms with Gasteiger partial charge in [0.2, 0.25) is 0 Å². The van der Waals surface area contributed by atoms with Crippen LogP contribution in [-0.2, 0) is 0 Å². The first-order valence-electron chi connectivity index (χ1n) is 5.75. The van der Waals surface area contributed by atoms with E-state index in [-0.39, 0.29) is 5.69 Å². The molecule has 0 radical (unpaired) electrons. The summed E-state index contributed by atoms with van der Waals surface area (Å²) in [7, 11) is 0. The highest BCUT2D eigenvalue weighted by Gasteiger charge is 2.08. The molecule has 0 aliphatic carbocycles. The summed E-state index contributed by atoms with van der Waals surface area (Å²) in [6.45, 7) is 1.86. The van der Waals surface area contributed by atoms with Gasteiger partial charge in [-0.15, -0.1) is 0 Å². The molecule has 0 aromatic heterocycles. The van der Waals surface area contributed by atoms with Crippen LogP contribution in [-0.4, -0.2) is 6.03 Å². The molecule has 2 N–H and O–H groups in total. The third-order valence-corrected chi connectivity index (χ3v) is 3.51. The summed E-state index contributed by atoms with van der Waals surface area (Å²) in [5.74, 6) is -0.517. The van der Waals surface area contributed by atoms with Gasteiger partial charge in [0.05, 0.1) is 5.69 Å². The quantitative estimate of drug-likeness (QED) is 0.762. The van der Waals surface area contributed by atoms with Crippen LogP contribution in [0.1, 0.15) is 5.56 Å². The van der Waals surface area contributed by atoms with Crippen molar-refractivity contribution in [2.45, 2.75) is 6.92 Å². The molecule has 0 saturated heterocycles. The van der Waals surface area contributed by atoms with Crippen molar-refractivity contribution in [3.63, 3.8) is 0 Å². The molecule has 0 aliphatic heterocycles. The standard InChI is InChI=1S/C14H11BrClFN2O/c1-8-2-4-10(7-11(8)16)18-14(20)19-13-5-3-9(15)6-12(13)17/h2-7H,1H3,(H2,18,19,20). The summed E-state index contributed by atoms with van der Waals surface area (Å²) in [5, 5.41) is 5.57. The predicted molar refractivity (Wildman–Crippen MR) is 82.9 cm³/mol. The molecule has 0 spiro atoms. The van der Waals surface area contributed by atoms with Crippen LogP contribution in [0.15, 0.2) is 40.9 Å². The molecule has 20 heavy (non-hydrogen) atoms. The van der Waals surface area contributed by atoms with Crippen LogP contribution in [0.3, 0.4) is 0 Å². The summed E-state index contributed by atoms with van der Waals surface area (Å²) < 4.78 is 14.2. The van der Waals surface area contributed by atoms with Crippen molar-refractivity contribution in [3.8, 4) is 0 Å². The van der Waals surface area contributed by atoms with Crippen molar-refractivity contribution < 1.29 is 9.18 Å². The Kier molecular flexibility index (Phi) is 4.62. The number of carbonyl (C=O) groups excluding carboxylic acids is 1. The van der Waals surface area contributed by atoms with Gasteiger partial charge in [-0.05, 0) is 42.8 Å². The summed E-state index contributed by atoms with van der Waals surface area (Å²) >= 11 is 9.11. The summed E-state index contributed by atoms with van der Waals surface area (Å²) in [6.07, 6.45) is 0. The second-order valence-electron chi connectivity index (χ2n) is 4.17. The number of halogens is 3. The fraction of sp³-hybridized carbons (Fsp3) is 0.0714. The number of carbonyl (C=O) groups is 1. The maximum atomic E-state index is 13.6. The minimum Gasteiger partial charge on any atom is -0.308 e. The lowest BCUT2D eigenvalue weighted by Gasteiger charge is -2.09. The number of nitrogens with one attached hydrogen (secondary N) is 2. The third kappa shape index (κ3) is 3.71. The van der Waals surface area contributed by atoms with E-state index in [9.17, 15) is 9.18 Å². The van der Waals surface area contributed by atoms with Crippen molar-refractivity contribution in [2.75, 3.05) is 10.6 Å². The zero-order valence-corrected chi connectivity index (χ0v) is 12.8. The number of hydrogen-bond donors (Lipinski definition) is 2. The first-order chi connectivity index (χ1) is 9.45. The number of rotatable bonds is 2. The molecule has 2 rings (SSSR count). The second kappa shape index (κ2) is 6.24. The maximum Gasteiger partial charge on any atom is 0.323 e. The van der Waals surface area contributed by atoms with Gasteiger partial charge in [-0.3, -0.25) is 0 Å². The molecule has 6 heteroatoms. The highest BCUT2D eigenvalue weighted by Crippen LogP contribution is 2.21.